The number of fused-ring (bicyclic) bond motifs is 1. The Morgan fingerprint density at radius 2 is 1.76 bits per heavy atom. The van der Waals surface area contributed by atoms with Crippen molar-refractivity contribution in [3.05, 3.63) is 59.9 Å². The molecule has 0 bridgehead atoms. The molecular formula is C24H31N3O2. The van der Waals surface area contributed by atoms with Crippen molar-refractivity contribution in [1.82, 2.24) is 14.4 Å². The molecule has 2 amide bonds. The Balaban J connectivity index is 1.58. The Labute approximate surface area is 173 Å². The van der Waals surface area contributed by atoms with E-state index in [4.69, 9.17) is 0 Å². The van der Waals surface area contributed by atoms with Gasteiger partial charge in [0, 0.05) is 36.9 Å². The van der Waals surface area contributed by atoms with E-state index >= 15 is 0 Å². The summed E-state index contributed by atoms with van der Waals surface area (Å²) in [5.41, 5.74) is 2.24. The maximum atomic E-state index is 13.5. The molecule has 154 valence electrons. The molecule has 0 spiro atoms. The molecule has 1 saturated carbocycles. The van der Waals surface area contributed by atoms with E-state index in [2.05, 4.69) is 29.0 Å². The van der Waals surface area contributed by atoms with Crippen LogP contribution in [0.3, 0.4) is 0 Å². The van der Waals surface area contributed by atoms with Gasteiger partial charge in [0.15, 0.2) is 0 Å². The molecule has 1 unspecified atom stereocenters. The molecule has 2 heterocycles. The van der Waals surface area contributed by atoms with Gasteiger partial charge in [-0.2, -0.15) is 0 Å². The minimum Gasteiger partial charge on any atom is -0.348 e. The zero-order valence-electron chi connectivity index (χ0n) is 17.5. The van der Waals surface area contributed by atoms with Crippen molar-refractivity contribution in [2.45, 2.75) is 58.2 Å². The molecule has 0 radical (unpaired) electrons. The maximum Gasteiger partial charge on any atom is 0.243 e. The average molecular weight is 394 g/mol. The first-order valence-electron chi connectivity index (χ1n) is 10.9. The van der Waals surface area contributed by atoms with E-state index in [0.29, 0.717) is 6.54 Å². The highest BCUT2D eigenvalue weighted by Crippen LogP contribution is 2.33. The van der Waals surface area contributed by atoms with Crippen molar-refractivity contribution in [1.29, 1.82) is 0 Å². The molecule has 2 aliphatic rings. The summed E-state index contributed by atoms with van der Waals surface area (Å²) in [4.78, 5) is 30.3. The van der Waals surface area contributed by atoms with Crippen LogP contribution in [0.1, 0.15) is 56.8 Å². The molecule has 29 heavy (non-hydrogen) atoms. The second-order valence-electron chi connectivity index (χ2n) is 8.57. The molecule has 1 fully saturated rings. The standard InChI is InChI=1S/C24H31N3O2/c1-18(2)27(24(29)20-11-6-7-12-20)17-22(28)26-16-15-25-14-8-13-21(25)23(26)19-9-4-3-5-10-19/h3-5,8-10,13-14,18,20,23H,6-7,11-12,15-17H2,1-2H3. The van der Waals surface area contributed by atoms with Crippen LogP contribution in [0.4, 0.5) is 0 Å². The number of hydrogen-bond acceptors (Lipinski definition) is 2. The topological polar surface area (TPSA) is 45.6 Å². The van der Waals surface area contributed by atoms with Crippen LogP contribution >= 0.6 is 0 Å². The summed E-state index contributed by atoms with van der Waals surface area (Å²) in [5, 5.41) is 0. The second-order valence-corrected chi connectivity index (χ2v) is 8.57. The Morgan fingerprint density at radius 3 is 2.45 bits per heavy atom. The monoisotopic (exact) mass is 393 g/mol. The fourth-order valence-corrected chi connectivity index (χ4v) is 4.80. The van der Waals surface area contributed by atoms with Gasteiger partial charge in [-0.3, -0.25) is 9.59 Å². The van der Waals surface area contributed by atoms with Crippen LogP contribution < -0.4 is 0 Å². The van der Waals surface area contributed by atoms with Crippen LogP contribution in [-0.4, -0.2) is 45.3 Å². The van der Waals surface area contributed by atoms with Gasteiger partial charge in [-0.1, -0.05) is 43.2 Å². The van der Waals surface area contributed by atoms with E-state index in [1.807, 2.05) is 43.0 Å². The van der Waals surface area contributed by atoms with Gasteiger partial charge < -0.3 is 14.4 Å². The van der Waals surface area contributed by atoms with Crippen molar-refractivity contribution in [2.24, 2.45) is 5.92 Å². The van der Waals surface area contributed by atoms with Crippen molar-refractivity contribution >= 4 is 11.8 Å². The van der Waals surface area contributed by atoms with Gasteiger partial charge in [-0.05, 0) is 44.4 Å². The van der Waals surface area contributed by atoms with Gasteiger partial charge >= 0.3 is 0 Å². The summed E-state index contributed by atoms with van der Waals surface area (Å²) in [6, 6.07) is 14.3. The molecule has 1 aliphatic heterocycles. The van der Waals surface area contributed by atoms with Crippen LogP contribution in [0.5, 0.6) is 0 Å². The summed E-state index contributed by atoms with van der Waals surface area (Å²) in [6.07, 6.45) is 6.24. The molecule has 5 heteroatoms. The number of carbonyl (C=O) groups is 2. The Hall–Kier alpha value is -2.56. The lowest BCUT2D eigenvalue weighted by Crippen LogP contribution is -2.50. The van der Waals surface area contributed by atoms with E-state index in [1.54, 1.807) is 4.90 Å². The average Bonchev–Trinajstić information content (AvgIpc) is 3.42. The Bertz CT molecular complexity index is 852. The molecule has 0 saturated heterocycles. The number of carbonyl (C=O) groups excluding carboxylic acids is 2. The fraction of sp³-hybridized carbons (Fsp3) is 0.500. The van der Waals surface area contributed by atoms with Gasteiger partial charge in [0.05, 0.1) is 6.04 Å². The van der Waals surface area contributed by atoms with Crippen molar-refractivity contribution in [2.75, 3.05) is 13.1 Å². The van der Waals surface area contributed by atoms with E-state index in [-0.39, 0.29) is 36.4 Å². The minimum absolute atomic E-state index is 0.0240. The normalized spacial score (nSPS) is 19.4. The highest BCUT2D eigenvalue weighted by molar-refractivity contribution is 5.86. The lowest BCUT2D eigenvalue weighted by Gasteiger charge is -2.39. The largest absolute Gasteiger partial charge is 0.348 e. The van der Waals surface area contributed by atoms with Crippen LogP contribution in [0.2, 0.25) is 0 Å². The van der Waals surface area contributed by atoms with E-state index in [1.165, 1.54) is 0 Å². The van der Waals surface area contributed by atoms with E-state index in [9.17, 15) is 9.59 Å². The summed E-state index contributed by atoms with van der Waals surface area (Å²) < 4.78 is 2.23. The number of rotatable bonds is 5. The highest BCUT2D eigenvalue weighted by Gasteiger charge is 2.35. The third-order valence-electron chi connectivity index (χ3n) is 6.39. The molecule has 1 aromatic heterocycles. The first-order valence-corrected chi connectivity index (χ1v) is 10.9. The fourth-order valence-electron chi connectivity index (χ4n) is 4.80. The molecule has 5 nitrogen and oxygen atoms in total. The van der Waals surface area contributed by atoms with Crippen LogP contribution in [0, 0.1) is 5.92 Å². The van der Waals surface area contributed by atoms with Crippen LogP contribution in [0.25, 0.3) is 0 Å². The SMILES string of the molecule is CC(C)N(CC(=O)N1CCn2cccc2C1c1ccccc1)C(=O)C1CCCC1. The summed E-state index contributed by atoms with van der Waals surface area (Å²) in [5.74, 6) is 0.280. The molecule has 1 atom stereocenters. The highest BCUT2D eigenvalue weighted by atomic mass is 16.2. The zero-order chi connectivity index (χ0) is 20.4. The molecule has 1 aliphatic carbocycles. The lowest BCUT2D eigenvalue weighted by atomic mass is 9.99. The predicted octanol–water partition coefficient (Wildman–Crippen LogP) is 3.85. The number of aromatic nitrogens is 1. The van der Waals surface area contributed by atoms with Crippen molar-refractivity contribution in [3.63, 3.8) is 0 Å². The second kappa shape index (κ2) is 8.44. The number of hydrogen-bond donors (Lipinski definition) is 0. The predicted molar refractivity (Wildman–Crippen MR) is 113 cm³/mol. The van der Waals surface area contributed by atoms with Gasteiger partial charge in [-0.25, -0.2) is 0 Å². The third-order valence-corrected chi connectivity index (χ3v) is 6.39. The smallest absolute Gasteiger partial charge is 0.243 e. The summed E-state index contributed by atoms with van der Waals surface area (Å²) in [6.45, 7) is 5.63. The molecule has 1 aromatic carbocycles. The lowest BCUT2D eigenvalue weighted by molar-refractivity contribution is -0.145. The molecular weight excluding hydrogens is 362 g/mol. The molecule has 2 aromatic rings. The first kappa shape index (κ1) is 19.7. The van der Waals surface area contributed by atoms with Gasteiger partial charge in [0.2, 0.25) is 11.8 Å². The Kier molecular flexibility index (Phi) is 5.74. The third kappa shape index (κ3) is 3.96. The minimum atomic E-state index is -0.108. The maximum absolute atomic E-state index is 13.5. The van der Waals surface area contributed by atoms with Gasteiger partial charge in [-0.15, -0.1) is 0 Å². The number of nitrogens with zero attached hydrogens (tertiary/aromatic N) is 3. The zero-order valence-corrected chi connectivity index (χ0v) is 17.5. The van der Waals surface area contributed by atoms with Gasteiger partial charge in [0.1, 0.15) is 6.54 Å². The summed E-state index contributed by atoms with van der Waals surface area (Å²) in [7, 11) is 0. The number of benzene rings is 1. The molecule has 0 N–H and O–H groups in total. The van der Waals surface area contributed by atoms with Crippen LogP contribution in [0.15, 0.2) is 48.7 Å². The molecule has 4 rings (SSSR count). The quantitative estimate of drug-likeness (QED) is 0.775. The summed E-state index contributed by atoms with van der Waals surface area (Å²) >= 11 is 0. The first-order chi connectivity index (χ1) is 14.1. The Morgan fingerprint density at radius 1 is 1.03 bits per heavy atom. The number of amides is 2. The van der Waals surface area contributed by atoms with Crippen LogP contribution in [-0.2, 0) is 16.1 Å². The van der Waals surface area contributed by atoms with E-state index < -0.39 is 0 Å². The van der Waals surface area contributed by atoms with Gasteiger partial charge in [0.25, 0.3) is 0 Å². The van der Waals surface area contributed by atoms with Crippen molar-refractivity contribution in [3.8, 4) is 0 Å². The van der Waals surface area contributed by atoms with E-state index in [0.717, 1.165) is 43.5 Å². The van der Waals surface area contributed by atoms with Crippen molar-refractivity contribution < 1.29 is 9.59 Å².